The highest BCUT2D eigenvalue weighted by Gasteiger charge is 2.19. The molecule has 1 amide bonds. The zero-order valence-electron chi connectivity index (χ0n) is 17.4. The lowest BCUT2D eigenvalue weighted by Gasteiger charge is -2.26. The van der Waals surface area contributed by atoms with Crippen molar-refractivity contribution in [3.05, 3.63) is 71.3 Å². The number of rotatable bonds is 8. The first-order valence-corrected chi connectivity index (χ1v) is 9.73. The standard InChI is InChI=1S/C23H32N4O/c1-23(2,16-19-9-6-5-7-10-19)17-27-22(25-4)26-14-13-18-11-8-12-20(15-18)21(28)24-3/h5-12,15H,13-14,16-17H2,1-4H3,(H,24,28)(H2,25,26,27). The van der Waals surface area contributed by atoms with Gasteiger partial charge in [-0.1, -0.05) is 56.3 Å². The molecular weight excluding hydrogens is 348 g/mol. The van der Waals surface area contributed by atoms with Gasteiger partial charge < -0.3 is 16.0 Å². The molecule has 0 spiro atoms. The van der Waals surface area contributed by atoms with E-state index in [1.807, 2.05) is 30.3 Å². The second-order valence-corrected chi connectivity index (χ2v) is 7.71. The SMILES string of the molecule is CN=C(NCCc1cccc(C(=O)NC)c1)NCC(C)(C)Cc1ccccc1. The largest absolute Gasteiger partial charge is 0.356 e. The van der Waals surface area contributed by atoms with Gasteiger partial charge in [0.25, 0.3) is 5.91 Å². The molecule has 0 aromatic heterocycles. The van der Waals surface area contributed by atoms with Crippen LogP contribution in [0.1, 0.15) is 35.3 Å². The number of hydrogen-bond donors (Lipinski definition) is 3. The van der Waals surface area contributed by atoms with Gasteiger partial charge in [-0.2, -0.15) is 0 Å². The number of carbonyl (C=O) groups excluding carboxylic acids is 1. The number of aliphatic imine (C=N–C) groups is 1. The van der Waals surface area contributed by atoms with Gasteiger partial charge in [-0.25, -0.2) is 0 Å². The zero-order chi connectivity index (χ0) is 20.4. The number of nitrogens with one attached hydrogen (secondary N) is 3. The van der Waals surface area contributed by atoms with Crippen LogP contribution < -0.4 is 16.0 Å². The van der Waals surface area contributed by atoms with E-state index in [-0.39, 0.29) is 11.3 Å². The first-order valence-electron chi connectivity index (χ1n) is 9.73. The van der Waals surface area contributed by atoms with Crippen LogP contribution in [-0.2, 0) is 12.8 Å². The average Bonchev–Trinajstić information content (AvgIpc) is 2.70. The monoisotopic (exact) mass is 380 g/mol. The lowest BCUT2D eigenvalue weighted by molar-refractivity contribution is 0.0963. The maximum atomic E-state index is 11.7. The molecule has 0 aliphatic rings. The Bertz CT molecular complexity index is 784. The van der Waals surface area contributed by atoms with Crippen LogP contribution in [0.4, 0.5) is 0 Å². The molecule has 0 aliphatic heterocycles. The first-order chi connectivity index (χ1) is 13.4. The van der Waals surface area contributed by atoms with Crippen molar-refractivity contribution >= 4 is 11.9 Å². The average molecular weight is 381 g/mol. The van der Waals surface area contributed by atoms with E-state index in [4.69, 9.17) is 0 Å². The Labute approximate surface area is 168 Å². The molecule has 2 rings (SSSR count). The van der Waals surface area contributed by atoms with Crippen LogP contribution in [0.3, 0.4) is 0 Å². The summed E-state index contributed by atoms with van der Waals surface area (Å²) in [6.07, 6.45) is 1.82. The molecule has 0 bridgehead atoms. The van der Waals surface area contributed by atoms with Gasteiger partial charge in [0.15, 0.2) is 5.96 Å². The van der Waals surface area contributed by atoms with E-state index in [2.05, 4.69) is 59.1 Å². The Kier molecular flexibility index (Phi) is 8.05. The Morgan fingerprint density at radius 2 is 1.71 bits per heavy atom. The highest BCUT2D eigenvalue weighted by Crippen LogP contribution is 2.20. The quantitative estimate of drug-likeness (QED) is 0.487. The van der Waals surface area contributed by atoms with Gasteiger partial charge in [-0.3, -0.25) is 9.79 Å². The number of carbonyl (C=O) groups is 1. The molecule has 2 aromatic rings. The molecule has 0 saturated heterocycles. The smallest absolute Gasteiger partial charge is 0.251 e. The van der Waals surface area contributed by atoms with Gasteiger partial charge in [0.05, 0.1) is 0 Å². The predicted molar refractivity (Wildman–Crippen MR) is 117 cm³/mol. The first kappa shape index (κ1) is 21.5. The Morgan fingerprint density at radius 3 is 2.39 bits per heavy atom. The van der Waals surface area contributed by atoms with Crippen molar-refractivity contribution in [2.24, 2.45) is 10.4 Å². The van der Waals surface area contributed by atoms with E-state index in [0.717, 1.165) is 37.5 Å². The fourth-order valence-corrected chi connectivity index (χ4v) is 3.09. The summed E-state index contributed by atoms with van der Waals surface area (Å²) in [5.41, 5.74) is 3.26. The minimum atomic E-state index is -0.0621. The summed E-state index contributed by atoms with van der Waals surface area (Å²) in [6.45, 7) is 6.08. The van der Waals surface area contributed by atoms with Gasteiger partial charge in [0, 0.05) is 32.7 Å². The van der Waals surface area contributed by atoms with Gasteiger partial charge in [-0.15, -0.1) is 0 Å². The number of amides is 1. The molecule has 0 unspecified atom stereocenters. The molecule has 28 heavy (non-hydrogen) atoms. The third kappa shape index (κ3) is 7.06. The summed E-state index contributed by atoms with van der Waals surface area (Å²) < 4.78 is 0. The summed E-state index contributed by atoms with van der Waals surface area (Å²) in [5, 5.41) is 9.44. The van der Waals surface area contributed by atoms with E-state index < -0.39 is 0 Å². The van der Waals surface area contributed by atoms with E-state index >= 15 is 0 Å². The number of benzene rings is 2. The summed E-state index contributed by atoms with van der Waals surface area (Å²) in [4.78, 5) is 16.1. The lowest BCUT2D eigenvalue weighted by Crippen LogP contribution is -2.43. The Hall–Kier alpha value is -2.82. The highest BCUT2D eigenvalue weighted by atomic mass is 16.1. The third-order valence-electron chi connectivity index (χ3n) is 4.61. The fourth-order valence-electron chi connectivity index (χ4n) is 3.09. The minimum Gasteiger partial charge on any atom is -0.356 e. The molecule has 0 atom stereocenters. The molecule has 5 nitrogen and oxygen atoms in total. The molecule has 3 N–H and O–H groups in total. The van der Waals surface area contributed by atoms with E-state index in [1.165, 1.54) is 5.56 Å². The molecule has 0 radical (unpaired) electrons. The predicted octanol–water partition coefficient (Wildman–Crippen LogP) is 3.02. The number of guanidine groups is 1. The molecule has 150 valence electrons. The topological polar surface area (TPSA) is 65.5 Å². The van der Waals surface area contributed by atoms with Gasteiger partial charge in [-0.05, 0) is 41.5 Å². The van der Waals surface area contributed by atoms with Crippen LogP contribution in [0.15, 0.2) is 59.6 Å². The Morgan fingerprint density at radius 1 is 1.00 bits per heavy atom. The van der Waals surface area contributed by atoms with Crippen LogP contribution in [0.2, 0.25) is 0 Å². The van der Waals surface area contributed by atoms with Crippen molar-refractivity contribution in [2.45, 2.75) is 26.7 Å². The molecule has 0 heterocycles. The normalized spacial score (nSPS) is 11.8. The second kappa shape index (κ2) is 10.5. The third-order valence-corrected chi connectivity index (χ3v) is 4.61. The maximum absolute atomic E-state index is 11.7. The summed E-state index contributed by atoms with van der Waals surface area (Å²) >= 11 is 0. The number of nitrogens with zero attached hydrogens (tertiary/aromatic N) is 1. The molecule has 5 heteroatoms. The van der Waals surface area contributed by atoms with Gasteiger partial charge >= 0.3 is 0 Å². The lowest BCUT2D eigenvalue weighted by atomic mass is 9.86. The maximum Gasteiger partial charge on any atom is 0.251 e. The summed E-state index contributed by atoms with van der Waals surface area (Å²) in [5.74, 6) is 0.733. The minimum absolute atomic E-state index is 0.0621. The highest BCUT2D eigenvalue weighted by molar-refractivity contribution is 5.94. The van der Waals surface area contributed by atoms with Crippen molar-refractivity contribution in [3.8, 4) is 0 Å². The van der Waals surface area contributed by atoms with Crippen LogP contribution in [0.5, 0.6) is 0 Å². The van der Waals surface area contributed by atoms with Crippen molar-refractivity contribution in [1.29, 1.82) is 0 Å². The summed E-state index contributed by atoms with van der Waals surface area (Å²) in [7, 11) is 3.43. The second-order valence-electron chi connectivity index (χ2n) is 7.71. The molecule has 2 aromatic carbocycles. The zero-order valence-corrected chi connectivity index (χ0v) is 17.4. The molecular formula is C23H32N4O. The van der Waals surface area contributed by atoms with Crippen LogP contribution in [-0.4, -0.2) is 39.1 Å². The van der Waals surface area contributed by atoms with Crippen LogP contribution >= 0.6 is 0 Å². The van der Waals surface area contributed by atoms with Gasteiger partial charge in [0.1, 0.15) is 0 Å². The van der Waals surface area contributed by atoms with Crippen LogP contribution in [0, 0.1) is 5.41 Å². The van der Waals surface area contributed by atoms with Crippen LogP contribution in [0.25, 0.3) is 0 Å². The van der Waals surface area contributed by atoms with Crippen molar-refractivity contribution < 1.29 is 4.79 Å². The van der Waals surface area contributed by atoms with E-state index in [1.54, 1.807) is 14.1 Å². The van der Waals surface area contributed by atoms with Crippen molar-refractivity contribution in [1.82, 2.24) is 16.0 Å². The molecule has 0 aliphatic carbocycles. The summed E-state index contributed by atoms with van der Waals surface area (Å²) in [6, 6.07) is 18.3. The fraction of sp³-hybridized carbons (Fsp3) is 0.391. The molecule has 0 fully saturated rings. The van der Waals surface area contributed by atoms with Gasteiger partial charge in [0.2, 0.25) is 0 Å². The number of hydrogen-bond acceptors (Lipinski definition) is 2. The van der Waals surface area contributed by atoms with Crippen molar-refractivity contribution in [2.75, 3.05) is 27.2 Å². The van der Waals surface area contributed by atoms with E-state index in [0.29, 0.717) is 5.56 Å². The Balaban J connectivity index is 1.80. The van der Waals surface area contributed by atoms with Crippen molar-refractivity contribution in [3.63, 3.8) is 0 Å². The molecule has 0 saturated carbocycles. The van der Waals surface area contributed by atoms with E-state index in [9.17, 15) is 4.79 Å².